The van der Waals surface area contributed by atoms with E-state index in [0.717, 1.165) is 55.9 Å². The molecule has 2 aromatic carbocycles. The lowest BCUT2D eigenvalue weighted by Crippen LogP contribution is -2.49. The minimum Gasteiger partial charge on any atom is -0.490 e. The van der Waals surface area contributed by atoms with Gasteiger partial charge < -0.3 is 19.1 Å². The molecule has 4 aliphatic rings. The highest BCUT2D eigenvalue weighted by Crippen LogP contribution is 2.47. The summed E-state index contributed by atoms with van der Waals surface area (Å²) in [6, 6.07) is 11.5. The van der Waals surface area contributed by atoms with E-state index in [0.29, 0.717) is 37.0 Å². The first kappa shape index (κ1) is 31.4. The number of anilines is 1. The second-order valence-corrected chi connectivity index (χ2v) is 15.2. The molecule has 2 aliphatic carbocycles. The van der Waals surface area contributed by atoms with Gasteiger partial charge in [0.2, 0.25) is 10.0 Å². The van der Waals surface area contributed by atoms with Crippen LogP contribution in [0.15, 0.2) is 48.6 Å². The zero-order chi connectivity index (χ0) is 31.1. The van der Waals surface area contributed by atoms with Crippen LogP contribution in [0.25, 0.3) is 0 Å². The number of benzene rings is 2. The summed E-state index contributed by atoms with van der Waals surface area (Å²) in [5.41, 5.74) is 3.40. The van der Waals surface area contributed by atoms with Crippen LogP contribution in [0.4, 0.5) is 5.69 Å². The number of hydrogen-bond donors (Lipinski definition) is 1. The van der Waals surface area contributed by atoms with Gasteiger partial charge in [-0.25, -0.2) is 13.1 Å². The van der Waals surface area contributed by atoms with Gasteiger partial charge in [-0.1, -0.05) is 36.7 Å². The Kier molecular flexibility index (Phi) is 9.03. The van der Waals surface area contributed by atoms with E-state index in [2.05, 4.69) is 27.8 Å². The second-order valence-electron chi connectivity index (χ2n) is 12.8. The summed E-state index contributed by atoms with van der Waals surface area (Å²) >= 11 is 6.41. The first-order valence-electron chi connectivity index (χ1n) is 15.8. The molecule has 6 atom stereocenters. The number of carbonyl (C=O) groups excluding carboxylic acids is 1. The number of sulfonamides is 1. The minimum atomic E-state index is -4.03. The van der Waals surface area contributed by atoms with Crippen molar-refractivity contribution in [3.05, 3.63) is 70.3 Å². The molecule has 1 N–H and O–H groups in total. The van der Waals surface area contributed by atoms with E-state index in [1.54, 1.807) is 26.2 Å². The van der Waals surface area contributed by atoms with E-state index in [1.807, 2.05) is 18.2 Å². The van der Waals surface area contributed by atoms with Crippen molar-refractivity contribution in [3.8, 4) is 5.75 Å². The third-order valence-corrected chi connectivity index (χ3v) is 12.5. The van der Waals surface area contributed by atoms with Gasteiger partial charge in [0.15, 0.2) is 0 Å². The Morgan fingerprint density at radius 3 is 2.70 bits per heavy atom. The van der Waals surface area contributed by atoms with Gasteiger partial charge >= 0.3 is 0 Å². The minimum absolute atomic E-state index is 0.0870. The maximum atomic E-state index is 13.5. The zero-order valence-corrected chi connectivity index (χ0v) is 27.3. The van der Waals surface area contributed by atoms with E-state index >= 15 is 0 Å². The van der Waals surface area contributed by atoms with Crippen molar-refractivity contribution in [1.82, 2.24) is 4.72 Å². The highest BCUT2D eigenvalue weighted by atomic mass is 35.5. The fourth-order valence-electron chi connectivity index (χ4n) is 7.88. The number of aryl methyl sites for hydroxylation is 1. The second kappa shape index (κ2) is 12.7. The van der Waals surface area contributed by atoms with E-state index < -0.39 is 27.3 Å². The van der Waals surface area contributed by atoms with Gasteiger partial charge in [0, 0.05) is 43.3 Å². The Bertz CT molecular complexity index is 1530. The number of halogens is 1. The quantitative estimate of drug-likeness (QED) is 0.432. The number of nitrogens with one attached hydrogen (secondary N) is 1. The number of methoxy groups -OCH3 is 2. The largest absolute Gasteiger partial charge is 0.490 e. The van der Waals surface area contributed by atoms with Crippen LogP contribution in [0.3, 0.4) is 0 Å². The predicted molar refractivity (Wildman–Crippen MR) is 172 cm³/mol. The average Bonchev–Trinajstić information content (AvgIpc) is 3.14. The molecular weight excluding hydrogens is 600 g/mol. The molecule has 1 amide bonds. The Labute approximate surface area is 266 Å². The van der Waals surface area contributed by atoms with E-state index in [4.69, 9.17) is 25.8 Å². The molecule has 238 valence electrons. The molecule has 8 nitrogen and oxygen atoms in total. The molecular formula is C34H43ClN2O6S. The molecule has 2 aliphatic heterocycles. The lowest BCUT2D eigenvalue weighted by Gasteiger charge is -2.46. The van der Waals surface area contributed by atoms with Crippen LogP contribution in [-0.4, -0.2) is 65.7 Å². The van der Waals surface area contributed by atoms with Crippen molar-refractivity contribution in [2.75, 3.05) is 38.8 Å². The number of ether oxygens (including phenoxy) is 3. The molecule has 10 heteroatoms. The molecule has 44 heavy (non-hydrogen) atoms. The van der Waals surface area contributed by atoms with Crippen LogP contribution in [0.5, 0.6) is 5.75 Å². The number of amides is 1. The first-order chi connectivity index (χ1) is 21.2. The summed E-state index contributed by atoms with van der Waals surface area (Å²) in [7, 11) is -0.778. The summed E-state index contributed by atoms with van der Waals surface area (Å²) in [5, 5.41) is -0.154. The molecule has 6 rings (SSSR count). The Morgan fingerprint density at radius 2 is 1.98 bits per heavy atom. The fourth-order valence-corrected chi connectivity index (χ4v) is 9.66. The van der Waals surface area contributed by atoms with Gasteiger partial charge in [-0.15, -0.1) is 0 Å². The van der Waals surface area contributed by atoms with Crippen molar-refractivity contribution in [2.45, 2.75) is 74.7 Å². The van der Waals surface area contributed by atoms with Crippen LogP contribution < -0.4 is 14.4 Å². The maximum Gasteiger partial charge on any atom is 0.264 e. The van der Waals surface area contributed by atoms with E-state index in [-0.39, 0.29) is 17.1 Å². The SMILES string of the molecule is CC[C@@H]1[C@@H](OC)C/C=C/[C@H](OC)[C@@H]2CC[C@H]2CN2C[C@@]3(CCCc4cc(Cl)ccc43)COc3ccc(cc32)C(=O)NS1(=O)=O. The van der Waals surface area contributed by atoms with Crippen LogP contribution in [0.1, 0.15) is 66.9 Å². The summed E-state index contributed by atoms with van der Waals surface area (Å²) in [5.74, 6) is 0.756. The molecule has 2 heterocycles. The van der Waals surface area contributed by atoms with Gasteiger partial charge in [0.1, 0.15) is 11.0 Å². The molecule has 0 unspecified atom stereocenters. The molecule has 0 saturated heterocycles. The molecule has 0 radical (unpaired) electrons. The lowest BCUT2D eigenvalue weighted by atomic mass is 9.68. The van der Waals surface area contributed by atoms with Gasteiger partial charge in [0.05, 0.1) is 24.5 Å². The van der Waals surface area contributed by atoms with Crippen molar-refractivity contribution < 1.29 is 27.4 Å². The van der Waals surface area contributed by atoms with Crippen molar-refractivity contribution in [2.24, 2.45) is 11.8 Å². The monoisotopic (exact) mass is 642 g/mol. The molecule has 2 aromatic rings. The first-order valence-corrected chi connectivity index (χ1v) is 17.7. The highest BCUT2D eigenvalue weighted by Gasteiger charge is 2.44. The van der Waals surface area contributed by atoms with Crippen LogP contribution in [0.2, 0.25) is 5.02 Å². The van der Waals surface area contributed by atoms with Crippen LogP contribution in [0, 0.1) is 11.8 Å². The average molecular weight is 643 g/mol. The lowest BCUT2D eigenvalue weighted by molar-refractivity contribution is 0.0129. The number of hydrogen-bond acceptors (Lipinski definition) is 7. The Morgan fingerprint density at radius 1 is 1.14 bits per heavy atom. The van der Waals surface area contributed by atoms with Gasteiger partial charge in [0.25, 0.3) is 5.91 Å². The van der Waals surface area contributed by atoms with Gasteiger partial charge in [-0.3, -0.25) is 4.79 Å². The molecule has 1 spiro atoms. The summed E-state index contributed by atoms with van der Waals surface area (Å²) in [4.78, 5) is 15.9. The number of nitrogens with zero attached hydrogens (tertiary/aromatic N) is 1. The van der Waals surface area contributed by atoms with E-state index in [1.165, 1.54) is 18.2 Å². The van der Waals surface area contributed by atoms with Gasteiger partial charge in [-0.2, -0.15) is 0 Å². The molecule has 1 saturated carbocycles. The predicted octanol–water partition coefficient (Wildman–Crippen LogP) is 5.67. The summed E-state index contributed by atoms with van der Waals surface area (Å²) in [6.45, 7) is 3.81. The van der Waals surface area contributed by atoms with Gasteiger partial charge in [-0.05, 0) is 98.2 Å². The zero-order valence-electron chi connectivity index (χ0n) is 25.8. The Balaban J connectivity index is 1.43. The van der Waals surface area contributed by atoms with Crippen molar-refractivity contribution in [3.63, 3.8) is 0 Å². The number of carbonyl (C=O) groups is 1. The third-order valence-electron chi connectivity index (χ3n) is 10.4. The number of fused-ring (bicyclic) bond motifs is 4. The van der Waals surface area contributed by atoms with Crippen LogP contribution >= 0.6 is 11.6 Å². The highest BCUT2D eigenvalue weighted by molar-refractivity contribution is 7.90. The smallest absolute Gasteiger partial charge is 0.264 e. The Hall–Kier alpha value is -2.59. The molecule has 1 fully saturated rings. The maximum absolute atomic E-state index is 13.5. The molecule has 2 bridgehead atoms. The molecule has 0 aromatic heterocycles. The van der Waals surface area contributed by atoms with Crippen LogP contribution in [-0.2, 0) is 31.3 Å². The fraction of sp³-hybridized carbons (Fsp3) is 0.559. The van der Waals surface area contributed by atoms with Crippen molar-refractivity contribution in [1.29, 1.82) is 0 Å². The summed E-state index contributed by atoms with van der Waals surface area (Å²) in [6.07, 6.45) is 9.18. The summed E-state index contributed by atoms with van der Waals surface area (Å²) < 4.78 is 47.6. The third kappa shape index (κ3) is 5.88. The topological polar surface area (TPSA) is 94.2 Å². The number of rotatable bonds is 3. The van der Waals surface area contributed by atoms with Crippen molar-refractivity contribution >= 4 is 33.2 Å². The standard InChI is InChI=1S/C34H43ClN2O6S/c1-4-32-31(42-3)9-5-8-29(41-2)26-13-10-24(26)19-37-20-34(16-6-7-22-17-25(35)12-14-27(22)34)21-43-30-15-11-23(18-28(30)37)33(38)36-44(32,39)40/h5,8,11-12,14-15,17-18,24,26,29,31-32H,4,6-7,9-10,13,16,19-21H2,1-3H3,(H,36,38)/b8-5+/t24-,26+,29-,31-,32+,34-/m0/s1. The normalized spacial score (nSPS) is 32.3. The van der Waals surface area contributed by atoms with E-state index in [9.17, 15) is 13.2 Å².